The Morgan fingerprint density at radius 2 is 2.23 bits per heavy atom. The molecule has 0 saturated carbocycles. The summed E-state index contributed by atoms with van der Waals surface area (Å²) < 4.78 is 16.7. The van der Waals surface area contributed by atoms with Gasteiger partial charge in [-0.1, -0.05) is 5.11 Å². The Kier molecular flexibility index (Phi) is 6.00. The average Bonchev–Trinajstić information content (AvgIpc) is 2.16. The number of hydrogen-bond donors (Lipinski definition) is 0. The maximum Gasteiger partial charge on any atom is 0.513 e. The molecule has 0 aliphatic rings. The van der Waals surface area contributed by atoms with E-state index in [1.807, 2.05) is 4.79 Å². The van der Waals surface area contributed by atoms with Crippen LogP contribution in [0.2, 0.25) is 0 Å². The fraction of sp³-hybridized carbons (Fsp3) is 0.600. The van der Waals surface area contributed by atoms with Crippen LogP contribution in [0.15, 0.2) is 5.11 Å². The number of rotatable bonds is 6. The zero-order valence-electron chi connectivity index (χ0n) is 6.55. The van der Waals surface area contributed by atoms with Crippen molar-refractivity contribution in [2.75, 3.05) is 19.8 Å². The maximum absolute atomic E-state index is 12.1. The summed E-state index contributed by atoms with van der Waals surface area (Å²) in [7, 11) is 0. The Morgan fingerprint density at radius 1 is 1.54 bits per heavy atom. The van der Waals surface area contributed by atoms with Crippen LogP contribution >= 0.6 is 0 Å². The minimum Gasteiger partial charge on any atom is -0.373 e. The number of halogens is 1. The van der Waals surface area contributed by atoms with Gasteiger partial charge in [0.15, 0.2) is 0 Å². The largest absolute Gasteiger partial charge is 0.513 e. The van der Waals surface area contributed by atoms with Gasteiger partial charge in [-0.15, -0.1) is 9.18 Å². The molecule has 0 aromatic rings. The number of carbonyl (C=O) groups is 1. The fourth-order valence-corrected chi connectivity index (χ4v) is 0.430. The monoisotopic (exact) mass is 187 g/mol. The van der Waals surface area contributed by atoms with Crippen molar-refractivity contribution in [3.63, 3.8) is 0 Å². The maximum atomic E-state index is 12.1. The molecule has 0 spiro atoms. The van der Waals surface area contributed by atoms with Gasteiger partial charge in [0.1, 0.15) is 6.61 Å². The van der Waals surface area contributed by atoms with Gasteiger partial charge < -0.3 is 10.3 Å². The van der Waals surface area contributed by atoms with Crippen LogP contribution in [0.3, 0.4) is 0 Å². The predicted molar refractivity (Wildman–Crippen MR) is 39.6 cm³/mol. The number of carbonyl (C=O) groups excluding carboxylic acids is 1. The number of nitrogens with zero attached hydrogens (tertiary/aromatic N) is 5. The van der Waals surface area contributed by atoms with E-state index in [1.165, 1.54) is 0 Å². The highest BCUT2D eigenvalue weighted by atomic mass is 19.1. The summed E-state index contributed by atoms with van der Waals surface area (Å²) in [5, 5.41) is 3.10. The highest BCUT2D eigenvalue weighted by molar-refractivity contribution is 6.33. The number of ketones is 1. The third-order valence-corrected chi connectivity index (χ3v) is 0.950. The molecular weight excluding hydrogens is 181 g/mol. The Bertz CT molecular complexity index is 279. The van der Waals surface area contributed by atoms with Gasteiger partial charge in [-0.3, -0.25) is 4.79 Å². The van der Waals surface area contributed by atoms with E-state index >= 15 is 0 Å². The van der Waals surface area contributed by atoms with E-state index in [1.54, 1.807) is 0 Å². The number of azide groups is 1. The second kappa shape index (κ2) is 6.93. The topological polar surface area (TPSA) is 111 Å². The van der Waals surface area contributed by atoms with Crippen molar-refractivity contribution in [1.29, 1.82) is 0 Å². The predicted octanol–water partition coefficient (Wildman–Crippen LogP) is 0.480. The van der Waals surface area contributed by atoms with Crippen molar-refractivity contribution < 1.29 is 18.7 Å². The summed E-state index contributed by atoms with van der Waals surface area (Å²) in [6.45, 7) is -0.479. The molecule has 0 atom stereocenters. The number of ether oxygens (including phenoxy) is 1. The molecule has 0 N–H and O–H groups in total. The summed E-state index contributed by atoms with van der Waals surface area (Å²) in [4.78, 5) is 15.0. The van der Waals surface area contributed by atoms with Crippen LogP contribution in [0.1, 0.15) is 0 Å². The second-order valence-electron chi connectivity index (χ2n) is 1.82. The molecule has 70 valence electrons. The standard InChI is InChI=1S/C5H6FN5O2/c6-5(10-7)4(12)3-13-2-1-9-11-8/h1-3H2. The van der Waals surface area contributed by atoms with Gasteiger partial charge in [-0.2, -0.15) is 0 Å². The Morgan fingerprint density at radius 3 is 2.77 bits per heavy atom. The van der Waals surface area contributed by atoms with Gasteiger partial charge in [-0.05, 0) is 5.53 Å². The molecule has 13 heavy (non-hydrogen) atoms. The third kappa shape index (κ3) is 5.51. The molecule has 0 heterocycles. The van der Waals surface area contributed by atoms with Gasteiger partial charge >= 0.3 is 11.7 Å². The number of Topliss-reactive ketones (excluding diaryl/α,β-unsaturated/α-hetero) is 1. The van der Waals surface area contributed by atoms with Gasteiger partial charge in [0, 0.05) is 11.5 Å². The summed E-state index contributed by atoms with van der Waals surface area (Å²) in [6, 6.07) is 0. The highest BCUT2D eigenvalue weighted by Crippen LogP contribution is 1.83. The van der Waals surface area contributed by atoms with E-state index < -0.39 is 18.4 Å². The minimum atomic E-state index is -1.51. The van der Waals surface area contributed by atoms with E-state index in [9.17, 15) is 9.18 Å². The van der Waals surface area contributed by atoms with E-state index in [-0.39, 0.29) is 13.2 Å². The van der Waals surface area contributed by atoms with Crippen molar-refractivity contribution >= 4 is 11.7 Å². The lowest BCUT2D eigenvalue weighted by molar-refractivity contribution is -0.123. The molecule has 0 radical (unpaired) electrons. The molecule has 0 unspecified atom stereocenters. The first-order valence-electron chi connectivity index (χ1n) is 3.21. The van der Waals surface area contributed by atoms with Gasteiger partial charge in [-0.25, -0.2) is 0 Å². The Labute approximate surface area is 72.4 Å². The van der Waals surface area contributed by atoms with Crippen LogP contribution in [-0.2, 0) is 9.53 Å². The summed E-state index contributed by atoms with van der Waals surface area (Å²) in [5.74, 6) is -2.58. The Balaban J connectivity index is 3.60. The van der Waals surface area contributed by atoms with Gasteiger partial charge in [0.2, 0.25) is 0 Å². The molecule has 7 nitrogen and oxygen atoms in total. The van der Waals surface area contributed by atoms with E-state index in [0.717, 1.165) is 0 Å². The van der Waals surface area contributed by atoms with Crippen LogP contribution in [0.25, 0.3) is 16.0 Å². The first-order valence-corrected chi connectivity index (χ1v) is 3.21. The lowest BCUT2D eigenvalue weighted by Gasteiger charge is -1.94. The third-order valence-electron chi connectivity index (χ3n) is 0.950. The van der Waals surface area contributed by atoms with Crippen LogP contribution in [-0.4, -0.2) is 36.3 Å². The quantitative estimate of drug-likeness (QED) is 0.198. The van der Waals surface area contributed by atoms with Crippen LogP contribution in [0, 0.1) is 0 Å². The molecule has 0 fully saturated rings. The van der Waals surface area contributed by atoms with E-state index in [4.69, 9.17) is 11.1 Å². The smallest absolute Gasteiger partial charge is 0.373 e. The highest BCUT2D eigenvalue weighted by Gasteiger charge is 2.18. The zero-order chi connectivity index (χ0) is 10.1. The molecule has 0 aliphatic heterocycles. The molecule has 0 bridgehead atoms. The molecule has 0 aliphatic carbocycles. The lowest BCUT2D eigenvalue weighted by Crippen LogP contribution is -2.17. The van der Waals surface area contributed by atoms with Crippen molar-refractivity contribution in [2.45, 2.75) is 0 Å². The average molecular weight is 187 g/mol. The van der Waals surface area contributed by atoms with E-state index in [0.29, 0.717) is 0 Å². The molecule has 0 aromatic carbocycles. The molecule has 0 saturated heterocycles. The van der Waals surface area contributed by atoms with Crippen molar-refractivity contribution in [3.05, 3.63) is 16.0 Å². The SMILES string of the molecule is [N-]=[N+]=NCCOCC(=O)C(F)=[N+]=[N-]. The zero-order valence-corrected chi connectivity index (χ0v) is 6.55. The molecule has 0 rings (SSSR count). The number of hydrogen-bond acceptors (Lipinski definition) is 3. The first kappa shape index (κ1) is 11.2. The minimum absolute atomic E-state index is 0.00844. The van der Waals surface area contributed by atoms with Crippen LogP contribution < -0.4 is 0 Å². The van der Waals surface area contributed by atoms with Crippen molar-refractivity contribution in [2.24, 2.45) is 5.11 Å². The fourth-order valence-electron chi connectivity index (χ4n) is 0.430. The first-order chi connectivity index (χ1) is 6.22. The lowest BCUT2D eigenvalue weighted by atomic mass is 10.4. The molecule has 0 amide bonds. The van der Waals surface area contributed by atoms with Gasteiger partial charge in [0.05, 0.1) is 6.61 Å². The molecule has 8 heteroatoms. The van der Waals surface area contributed by atoms with Gasteiger partial charge in [0.25, 0.3) is 0 Å². The van der Waals surface area contributed by atoms with Crippen LogP contribution in [0.5, 0.6) is 0 Å². The molecular formula is C5H6FN5O2. The second-order valence-corrected chi connectivity index (χ2v) is 1.82. The normalized spacial score (nSPS) is 8.38. The summed E-state index contributed by atoms with van der Waals surface area (Å²) in [6.07, 6.45) is 0. The molecule has 0 aromatic heterocycles. The summed E-state index contributed by atoms with van der Waals surface area (Å²) >= 11 is 0. The van der Waals surface area contributed by atoms with E-state index in [2.05, 4.69) is 14.8 Å². The van der Waals surface area contributed by atoms with Crippen molar-refractivity contribution in [1.82, 2.24) is 0 Å². The van der Waals surface area contributed by atoms with Crippen molar-refractivity contribution in [3.8, 4) is 0 Å². The Hall–Kier alpha value is -1.75. The summed E-state index contributed by atoms with van der Waals surface area (Å²) in [5.41, 5.74) is 15.6. The van der Waals surface area contributed by atoms with Crippen LogP contribution in [0.4, 0.5) is 4.39 Å².